The third kappa shape index (κ3) is 3.70. The van der Waals surface area contributed by atoms with Gasteiger partial charge in [0, 0.05) is 26.2 Å². The number of rotatable bonds is 5. The summed E-state index contributed by atoms with van der Waals surface area (Å²) in [4.78, 5) is 13.2. The Kier molecular flexibility index (Phi) is 4.57. The molecule has 0 unspecified atom stereocenters. The molecule has 0 saturated carbocycles. The summed E-state index contributed by atoms with van der Waals surface area (Å²) in [5, 5.41) is 0. The normalized spacial score (nSPS) is 10.3. The zero-order valence-electron chi connectivity index (χ0n) is 12.4. The number of benzene rings is 2. The van der Waals surface area contributed by atoms with Gasteiger partial charge in [-0.05, 0) is 42.2 Å². The van der Waals surface area contributed by atoms with E-state index in [2.05, 4.69) is 53.4 Å². The number of hydrogen-bond donors (Lipinski definition) is 0. The Morgan fingerprint density at radius 2 is 1.65 bits per heavy atom. The molecule has 2 nitrogen and oxygen atoms in total. The van der Waals surface area contributed by atoms with Gasteiger partial charge in [0.2, 0.25) is 0 Å². The smallest absolute Gasteiger partial charge is 0.130 e. The van der Waals surface area contributed by atoms with Crippen LogP contribution < -0.4 is 4.90 Å². The highest BCUT2D eigenvalue weighted by atomic mass is 16.1. The average molecular weight is 267 g/mol. The topological polar surface area (TPSA) is 20.3 Å². The maximum Gasteiger partial charge on any atom is 0.130 e. The first-order chi connectivity index (χ1) is 9.56. The van der Waals surface area contributed by atoms with Gasteiger partial charge >= 0.3 is 0 Å². The molecule has 0 N–H and O–H groups in total. The molecule has 20 heavy (non-hydrogen) atoms. The molecule has 104 valence electrons. The molecule has 2 heteroatoms. The van der Waals surface area contributed by atoms with E-state index in [0.29, 0.717) is 6.42 Å². The number of carbonyl (C=O) groups excluding carboxylic acids is 1. The van der Waals surface area contributed by atoms with Crippen LogP contribution in [0.2, 0.25) is 0 Å². The number of Topliss-reactive ketones (excluding diaryl/α,β-unsaturated/α-hetero) is 1. The van der Waals surface area contributed by atoms with Crippen LogP contribution in [0.25, 0.3) is 11.1 Å². The van der Waals surface area contributed by atoms with Crippen LogP contribution in [-0.4, -0.2) is 19.9 Å². The zero-order chi connectivity index (χ0) is 14.5. The molecule has 0 amide bonds. The van der Waals surface area contributed by atoms with Gasteiger partial charge in [-0.15, -0.1) is 0 Å². The molecular weight excluding hydrogens is 246 g/mol. The van der Waals surface area contributed by atoms with E-state index in [1.165, 1.54) is 22.4 Å². The fraction of sp³-hybridized carbons (Fsp3) is 0.278. The molecule has 0 radical (unpaired) electrons. The van der Waals surface area contributed by atoms with Crippen LogP contribution in [0.3, 0.4) is 0 Å². The first-order valence-electron chi connectivity index (χ1n) is 6.92. The minimum absolute atomic E-state index is 0.241. The van der Waals surface area contributed by atoms with Gasteiger partial charge < -0.3 is 9.69 Å². The van der Waals surface area contributed by atoms with Crippen LogP contribution in [0, 0.1) is 0 Å². The molecule has 0 spiro atoms. The van der Waals surface area contributed by atoms with Crippen LogP contribution >= 0.6 is 0 Å². The monoisotopic (exact) mass is 267 g/mol. The van der Waals surface area contributed by atoms with Crippen LogP contribution in [0.1, 0.15) is 18.9 Å². The third-order valence-electron chi connectivity index (χ3n) is 3.39. The number of ketones is 1. The quantitative estimate of drug-likeness (QED) is 0.817. The van der Waals surface area contributed by atoms with E-state index in [9.17, 15) is 4.79 Å². The molecule has 0 atom stereocenters. The van der Waals surface area contributed by atoms with Crippen LogP contribution in [0.5, 0.6) is 0 Å². The molecule has 0 heterocycles. The van der Waals surface area contributed by atoms with E-state index in [4.69, 9.17) is 0 Å². The first kappa shape index (κ1) is 14.3. The molecule has 0 aromatic heterocycles. The molecule has 2 aromatic carbocycles. The fourth-order valence-corrected chi connectivity index (χ4v) is 2.19. The van der Waals surface area contributed by atoms with Crippen molar-refractivity contribution in [2.75, 3.05) is 19.0 Å². The number of anilines is 1. The van der Waals surface area contributed by atoms with Crippen molar-refractivity contribution in [1.29, 1.82) is 0 Å². The van der Waals surface area contributed by atoms with E-state index in [0.717, 1.165) is 6.42 Å². The van der Waals surface area contributed by atoms with Crippen LogP contribution in [-0.2, 0) is 11.2 Å². The van der Waals surface area contributed by atoms with E-state index < -0.39 is 0 Å². The summed E-state index contributed by atoms with van der Waals surface area (Å²) in [5.41, 5.74) is 4.82. The lowest BCUT2D eigenvalue weighted by Gasteiger charge is -2.14. The highest BCUT2D eigenvalue weighted by Crippen LogP contribution is 2.25. The molecule has 0 bridgehead atoms. The van der Waals surface area contributed by atoms with Gasteiger partial charge in [0.25, 0.3) is 0 Å². The second-order valence-electron chi connectivity index (χ2n) is 5.35. The SMILES string of the molecule is CC(=O)CCc1cccc(-c2cccc(N(C)C)c2)c1. The standard InChI is InChI=1S/C18H21NO/c1-14(20)10-11-15-6-4-7-16(12-15)17-8-5-9-18(13-17)19(2)3/h4-9,12-13H,10-11H2,1-3H3. The van der Waals surface area contributed by atoms with Gasteiger partial charge in [-0.1, -0.05) is 36.4 Å². The van der Waals surface area contributed by atoms with Crippen LogP contribution in [0.4, 0.5) is 5.69 Å². The van der Waals surface area contributed by atoms with Gasteiger partial charge in [-0.3, -0.25) is 0 Å². The van der Waals surface area contributed by atoms with Gasteiger partial charge in [0.05, 0.1) is 0 Å². The highest BCUT2D eigenvalue weighted by molar-refractivity contribution is 5.76. The van der Waals surface area contributed by atoms with Crippen molar-refractivity contribution in [3.8, 4) is 11.1 Å². The first-order valence-corrected chi connectivity index (χ1v) is 6.92. The lowest BCUT2D eigenvalue weighted by Crippen LogP contribution is -2.08. The van der Waals surface area contributed by atoms with Crippen molar-refractivity contribution in [2.45, 2.75) is 19.8 Å². The summed E-state index contributed by atoms with van der Waals surface area (Å²) in [6, 6.07) is 16.9. The summed E-state index contributed by atoms with van der Waals surface area (Å²) >= 11 is 0. The summed E-state index contributed by atoms with van der Waals surface area (Å²) in [5.74, 6) is 0.241. The van der Waals surface area contributed by atoms with Gasteiger partial charge in [0.15, 0.2) is 0 Å². The lowest BCUT2D eigenvalue weighted by molar-refractivity contribution is -0.116. The summed E-state index contributed by atoms with van der Waals surface area (Å²) < 4.78 is 0. The number of hydrogen-bond acceptors (Lipinski definition) is 2. The minimum Gasteiger partial charge on any atom is -0.378 e. The summed E-state index contributed by atoms with van der Waals surface area (Å²) in [7, 11) is 4.09. The fourth-order valence-electron chi connectivity index (χ4n) is 2.19. The molecule has 0 aliphatic heterocycles. The zero-order valence-corrected chi connectivity index (χ0v) is 12.4. The molecule has 0 aliphatic rings. The van der Waals surface area contributed by atoms with Crippen molar-refractivity contribution < 1.29 is 4.79 Å². The van der Waals surface area contributed by atoms with Gasteiger partial charge in [-0.25, -0.2) is 0 Å². The van der Waals surface area contributed by atoms with Crippen molar-refractivity contribution >= 4 is 11.5 Å². The molecular formula is C18H21NO. The molecule has 2 aromatic rings. The largest absolute Gasteiger partial charge is 0.378 e. The summed E-state index contributed by atoms with van der Waals surface area (Å²) in [6.07, 6.45) is 1.43. The molecule has 0 aliphatic carbocycles. The van der Waals surface area contributed by atoms with Crippen molar-refractivity contribution in [3.05, 3.63) is 54.1 Å². The van der Waals surface area contributed by atoms with Crippen LogP contribution in [0.15, 0.2) is 48.5 Å². The number of nitrogens with zero attached hydrogens (tertiary/aromatic N) is 1. The van der Waals surface area contributed by atoms with E-state index in [-0.39, 0.29) is 5.78 Å². The van der Waals surface area contributed by atoms with Crippen molar-refractivity contribution in [1.82, 2.24) is 0 Å². The Morgan fingerprint density at radius 3 is 2.30 bits per heavy atom. The van der Waals surface area contributed by atoms with E-state index in [1.807, 2.05) is 14.1 Å². The Morgan fingerprint density at radius 1 is 1.00 bits per heavy atom. The molecule has 2 rings (SSSR count). The van der Waals surface area contributed by atoms with Gasteiger partial charge in [0.1, 0.15) is 5.78 Å². The molecule has 0 fully saturated rings. The maximum absolute atomic E-state index is 11.1. The predicted molar refractivity (Wildman–Crippen MR) is 85.2 cm³/mol. The Hall–Kier alpha value is -2.09. The Labute approximate surface area is 121 Å². The van der Waals surface area contributed by atoms with Gasteiger partial charge in [-0.2, -0.15) is 0 Å². The van der Waals surface area contributed by atoms with E-state index in [1.54, 1.807) is 6.92 Å². The van der Waals surface area contributed by atoms with Crippen molar-refractivity contribution in [2.24, 2.45) is 0 Å². The maximum atomic E-state index is 11.1. The minimum atomic E-state index is 0.241. The average Bonchev–Trinajstić information content (AvgIpc) is 2.45. The van der Waals surface area contributed by atoms with E-state index >= 15 is 0 Å². The second-order valence-corrected chi connectivity index (χ2v) is 5.35. The van der Waals surface area contributed by atoms with Crippen molar-refractivity contribution in [3.63, 3.8) is 0 Å². The number of aryl methyl sites for hydroxylation is 1. The lowest BCUT2D eigenvalue weighted by atomic mass is 10.00. The summed E-state index contributed by atoms with van der Waals surface area (Å²) in [6.45, 7) is 1.64. The number of carbonyl (C=O) groups is 1. The third-order valence-corrected chi connectivity index (χ3v) is 3.39. The predicted octanol–water partition coefficient (Wildman–Crippen LogP) is 3.94. The Balaban J connectivity index is 2.26. The second kappa shape index (κ2) is 6.38. The highest BCUT2D eigenvalue weighted by Gasteiger charge is 2.03. The Bertz CT molecular complexity index is 602. The molecule has 0 saturated heterocycles.